The lowest BCUT2D eigenvalue weighted by Crippen LogP contribution is -2.61. The van der Waals surface area contributed by atoms with Crippen LogP contribution in [0.4, 0.5) is 0 Å². The van der Waals surface area contributed by atoms with Crippen LogP contribution in [0.5, 0.6) is 5.88 Å². The van der Waals surface area contributed by atoms with E-state index in [2.05, 4.69) is 56.5 Å². The molecule has 6 nitrogen and oxygen atoms in total. The summed E-state index contributed by atoms with van der Waals surface area (Å²) < 4.78 is 22.1. The predicted molar refractivity (Wildman–Crippen MR) is 178 cm³/mol. The molecule has 2 unspecified atom stereocenters. The summed E-state index contributed by atoms with van der Waals surface area (Å²) in [6.45, 7) is 13.4. The number of quaternary nitrogens is 1. The highest BCUT2D eigenvalue weighted by atomic mass is 32.1. The van der Waals surface area contributed by atoms with Gasteiger partial charge in [0, 0.05) is 18.4 Å². The van der Waals surface area contributed by atoms with Crippen LogP contribution >= 0.6 is 11.7 Å². The third kappa shape index (κ3) is 13.9. The number of esters is 1. The molecule has 2 heterocycles. The number of rotatable bonds is 23. The van der Waals surface area contributed by atoms with Crippen molar-refractivity contribution in [3.05, 3.63) is 11.8 Å². The molecule has 2 rings (SSSR count). The minimum Gasteiger partial charge on any atom is -0.475 e. The van der Waals surface area contributed by atoms with Gasteiger partial charge >= 0.3 is 5.97 Å². The van der Waals surface area contributed by atoms with Crippen molar-refractivity contribution in [2.45, 2.75) is 163 Å². The molecule has 1 aliphatic heterocycles. The minimum atomic E-state index is -0.222. The molecule has 0 spiro atoms. The molecule has 0 radical (unpaired) electrons. The molecule has 2 atom stereocenters. The van der Waals surface area contributed by atoms with Crippen molar-refractivity contribution in [2.75, 3.05) is 26.7 Å². The summed E-state index contributed by atoms with van der Waals surface area (Å²) in [7, 11) is 2.23. The Hall–Kier alpha value is -1.47. The van der Waals surface area contributed by atoms with Crippen molar-refractivity contribution in [1.82, 2.24) is 8.75 Å². The van der Waals surface area contributed by atoms with E-state index < -0.39 is 0 Å². The first kappa shape index (κ1) is 36.7. The van der Waals surface area contributed by atoms with E-state index in [1.54, 1.807) is 0 Å². The highest BCUT2D eigenvalue weighted by Gasteiger charge is 2.46. The summed E-state index contributed by atoms with van der Waals surface area (Å²) in [4.78, 5) is 13.1. The largest absolute Gasteiger partial charge is 0.475 e. The Morgan fingerprint density at radius 1 is 0.857 bits per heavy atom. The quantitative estimate of drug-likeness (QED) is 0.0704. The number of nitrogens with zero attached hydrogens (tertiary/aromatic N) is 3. The maximum Gasteiger partial charge on any atom is 0.310 e. The lowest BCUT2D eigenvalue weighted by atomic mass is 9.89. The Bertz CT molecular complexity index is 894. The van der Waals surface area contributed by atoms with Gasteiger partial charge in [-0.15, -0.1) is 4.37 Å². The topological polar surface area (TPSA) is 61.3 Å². The van der Waals surface area contributed by atoms with Crippen LogP contribution in [0.2, 0.25) is 0 Å². The summed E-state index contributed by atoms with van der Waals surface area (Å²) in [6, 6.07) is 0. The molecular weight excluding hydrogens is 542 g/mol. The maximum absolute atomic E-state index is 13.1. The van der Waals surface area contributed by atoms with Gasteiger partial charge in [-0.05, 0) is 12.8 Å². The van der Waals surface area contributed by atoms with Gasteiger partial charge in [-0.1, -0.05) is 137 Å². The Kier molecular flexibility index (Phi) is 17.9. The third-order valence-electron chi connectivity index (χ3n) is 8.60. The molecule has 242 valence electrons. The van der Waals surface area contributed by atoms with Crippen molar-refractivity contribution < 1.29 is 18.8 Å². The number of carbonyl (C=O) groups excluding carboxylic acids is 1. The highest BCUT2D eigenvalue weighted by Crippen LogP contribution is 2.37. The van der Waals surface area contributed by atoms with Crippen LogP contribution in [0, 0.1) is 5.41 Å². The molecule has 0 bridgehead atoms. The SMILES string of the molecule is CCCCCCCCCCCCCCCC(=O)OC(C(C)(C)C)[N+]1(C)CCC=C(c2nsnc2OCCCCCC)C1. The lowest BCUT2D eigenvalue weighted by molar-refractivity contribution is -0.954. The number of aromatic nitrogens is 2. The van der Waals surface area contributed by atoms with Crippen molar-refractivity contribution >= 4 is 23.3 Å². The molecule has 0 saturated heterocycles. The van der Waals surface area contributed by atoms with E-state index in [0.29, 0.717) is 23.4 Å². The molecule has 1 aliphatic rings. The molecule has 7 heteroatoms. The Morgan fingerprint density at radius 2 is 1.40 bits per heavy atom. The van der Waals surface area contributed by atoms with E-state index in [1.807, 2.05) is 0 Å². The predicted octanol–water partition coefficient (Wildman–Crippen LogP) is 10.1. The Morgan fingerprint density at radius 3 is 1.98 bits per heavy atom. The fourth-order valence-electron chi connectivity index (χ4n) is 6.32. The fourth-order valence-corrected chi connectivity index (χ4v) is 6.85. The van der Waals surface area contributed by atoms with Gasteiger partial charge in [-0.3, -0.25) is 9.28 Å². The van der Waals surface area contributed by atoms with Crippen LogP contribution in [-0.2, 0) is 9.53 Å². The smallest absolute Gasteiger partial charge is 0.310 e. The Labute approximate surface area is 262 Å². The van der Waals surface area contributed by atoms with Gasteiger partial charge in [0.25, 0.3) is 5.88 Å². The highest BCUT2D eigenvalue weighted by molar-refractivity contribution is 6.99. The number of unbranched alkanes of at least 4 members (excludes halogenated alkanes) is 15. The van der Waals surface area contributed by atoms with Gasteiger partial charge in [-0.2, -0.15) is 4.37 Å². The molecule has 0 amide bonds. The maximum atomic E-state index is 13.1. The van der Waals surface area contributed by atoms with Gasteiger partial charge in [0.2, 0.25) is 6.23 Å². The van der Waals surface area contributed by atoms with Gasteiger partial charge in [0.05, 0.1) is 37.3 Å². The van der Waals surface area contributed by atoms with E-state index >= 15 is 0 Å². The Balaban J connectivity index is 1.77. The number of carbonyl (C=O) groups is 1. The summed E-state index contributed by atoms with van der Waals surface area (Å²) in [5, 5.41) is 0. The van der Waals surface area contributed by atoms with Crippen molar-refractivity contribution in [2.24, 2.45) is 5.41 Å². The average molecular weight is 607 g/mol. The van der Waals surface area contributed by atoms with Crippen molar-refractivity contribution in [3.63, 3.8) is 0 Å². The molecule has 0 saturated carbocycles. The normalized spacial score (nSPS) is 18.1. The number of hydrogen-bond acceptors (Lipinski definition) is 6. The number of likely N-dealkylation sites (N-methyl/N-ethyl adjacent to an activating group) is 1. The zero-order valence-corrected chi connectivity index (χ0v) is 29.0. The molecule has 0 aromatic carbocycles. The monoisotopic (exact) mass is 606 g/mol. The average Bonchev–Trinajstić information content (AvgIpc) is 3.42. The zero-order chi connectivity index (χ0) is 30.7. The van der Waals surface area contributed by atoms with E-state index in [4.69, 9.17) is 9.47 Å². The first-order valence-electron chi connectivity index (χ1n) is 17.4. The molecule has 0 fully saturated rings. The van der Waals surface area contributed by atoms with Gasteiger partial charge in [0.15, 0.2) is 0 Å². The summed E-state index contributed by atoms with van der Waals surface area (Å²) >= 11 is 1.22. The molecule has 1 aromatic rings. The van der Waals surface area contributed by atoms with Crippen LogP contribution in [0.1, 0.15) is 162 Å². The molecular formula is C35H64N3O3S+. The number of hydrogen-bond donors (Lipinski definition) is 0. The van der Waals surface area contributed by atoms with Crippen molar-refractivity contribution in [3.8, 4) is 5.88 Å². The standard InChI is InChI=1S/C35H64N3O3S/c1-7-9-11-13-14-15-16-17-18-19-20-21-22-26-31(39)41-34(35(3,4)5)38(6)27-24-25-30(29-38)32-33(37-42-36-32)40-28-23-12-10-8-2/h25,34H,7-24,26-29H2,1-6H3/q+1. The molecule has 42 heavy (non-hydrogen) atoms. The summed E-state index contributed by atoms with van der Waals surface area (Å²) in [6.07, 6.45) is 25.1. The van der Waals surface area contributed by atoms with E-state index in [0.717, 1.165) is 50.0 Å². The second-order valence-corrected chi connectivity index (χ2v) is 14.4. The van der Waals surface area contributed by atoms with E-state index in [9.17, 15) is 4.79 Å². The lowest BCUT2D eigenvalue weighted by Gasteiger charge is -2.47. The van der Waals surface area contributed by atoms with Gasteiger partial charge in [0.1, 0.15) is 12.2 Å². The molecule has 0 N–H and O–H groups in total. The molecule has 1 aromatic heterocycles. The first-order valence-corrected chi connectivity index (χ1v) is 18.1. The number of ether oxygens (including phenoxy) is 2. The first-order chi connectivity index (χ1) is 20.2. The van der Waals surface area contributed by atoms with Gasteiger partial charge < -0.3 is 9.47 Å². The van der Waals surface area contributed by atoms with Crippen molar-refractivity contribution in [1.29, 1.82) is 0 Å². The van der Waals surface area contributed by atoms with Crippen LogP contribution < -0.4 is 4.74 Å². The second kappa shape index (κ2) is 20.5. The summed E-state index contributed by atoms with van der Waals surface area (Å²) in [5.41, 5.74) is 1.84. The van der Waals surface area contributed by atoms with E-state index in [1.165, 1.54) is 102 Å². The zero-order valence-electron chi connectivity index (χ0n) is 28.2. The van der Waals surface area contributed by atoms with Gasteiger partial charge in [-0.25, -0.2) is 0 Å². The van der Waals surface area contributed by atoms with Crippen LogP contribution in [0.15, 0.2) is 6.08 Å². The van der Waals surface area contributed by atoms with Crippen LogP contribution in [-0.4, -0.2) is 52.2 Å². The molecule has 0 aliphatic carbocycles. The third-order valence-corrected chi connectivity index (χ3v) is 9.11. The minimum absolute atomic E-state index is 0.0557. The van der Waals surface area contributed by atoms with Crippen LogP contribution in [0.25, 0.3) is 5.57 Å². The fraction of sp³-hybridized carbons (Fsp3) is 0.857. The second-order valence-electron chi connectivity index (χ2n) is 13.9. The van der Waals surface area contributed by atoms with Crippen LogP contribution in [0.3, 0.4) is 0 Å². The summed E-state index contributed by atoms with van der Waals surface area (Å²) in [5.74, 6) is 0.600. The van der Waals surface area contributed by atoms with E-state index in [-0.39, 0.29) is 17.6 Å².